The van der Waals surface area contributed by atoms with Crippen molar-refractivity contribution in [1.82, 2.24) is 0 Å². The highest BCUT2D eigenvalue weighted by molar-refractivity contribution is 5.25. The Morgan fingerprint density at radius 3 is 2.71 bits per heavy atom. The van der Waals surface area contributed by atoms with Crippen LogP contribution in [0.4, 0.5) is 4.39 Å². The lowest BCUT2D eigenvalue weighted by Crippen LogP contribution is -2.10. The van der Waals surface area contributed by atoms with Crippen molar-refractivity contribution < 1.29 is 4.39 Å². The van der Waals surface area contributed by atoms with Gasteiger partial charge in [0.05, 0.1) is 0 Å². The Morgan fingerprint density at radius 1 is 1.43 bits per heavy atom. The topological polar surface area (TPSA) is 26.0 Å². The zero-order valence-electron chi connectivity index (χ0n) is 8.89. The van der Waals surface area contributed by atoms with Gasteiger partial charge in [0, 0.05) is 6.04 Å². The second kappa shape index (κ2) is 5.11. The van der Waals surface area contributed by atoms with Crippen LogP contribution in [0, 0.1) is 12.7 Å². The van der Waals surface area contributed by atoms with Crippen molar-refractivity contribution in [3.8, 4) is 0 Å². The summed E-state index contributed by atoms with van der Waals surface area (Å²) in [7, 11) is 0. The summed E-state index contributed by atoms with van der Waals surface area (Å²) in [4.78, 5) is 0. The first-order valence-corrected chi connectivity index (χ1v) is 5.16. The predicted octanol–water partition coefficient (Wildman–Crippen LogP) is 3.32. The van der Waals surface area contributed by atoms with Crippen LogP contribution in [-0.4, -0.2) is 0 Å². The molecule has 14 heavy (non-hydrogen) atoms. The quantitative estimate of drug-likeness (QED) is 0.783. The largest absolute Gasteiger partial charge is 0.324 e. The molecule has 1 nitrogen and oxygen atoms in total. The molecule has 0 heterocycles. The van der Waals surface area contributed by atoms with Crippen molar-refractivity contribution in [2.75, 3.05) is 0 Å². The molecule has 0 aliphatic rings. The molecule has 1 atom stereocenters. The summed E-state index contributed by atoms with van der Waals surface area (Å²) < 4.78 is 13.2. The summed E-state index contributed by atoms with van der Waals surface area (Å²) >= 11 is 0. The van der Waals surface area contributed by atoms with Gasteiger partial charge in [-0.1, -0.05) is 31.9 Å². The van der Waals surface area contributed by atoms with E-state index in [1.165, 1.54) is 0 Å². The number of aryl methyl sites for hydroxylation is 1. The van der Waals surface area contributed by atoms with Gasteiger partial charge in [0.1, 0.15) is 5.82 Å². The number of nitrogens with two attached hydrogens (primary N) is 1. The molecule has 0 aliphatic heterocycles. The minimum atomic E-state index is -0.158. The predicted molar refractivity (Wildman–Crippen MR) is 57.6 cm³/mol. The zero-order valence-corrected chi connectivity index (χ0v) is 8.89. The van der Waals surface area contributed by atoms with Gasteiger partial charge in [-0.3, -0.25) is 0 Å². The molecule has 0 spiro atoms. The lowest BCUT2D eigenvalue weighted by Gasteiger charge is -2.11. The van der Waals surface area contributed by atoms with E-state index in [2.05, 4.69) is 6.92 Å². The highest BCUT2D eigenvalue weighted by Crippen LogP contribution is 2.19. The van der Waals surface area contributed by atoms with Crippen molar-refractivity contribution in [3.05, 3.63) is 35.1 Å². The number of hydrogen-bond acceptors (Lipinski definition) is 1. The molecule has 2 heteroatoms. The maximum absolute atomic E-state index is 13.2. The Labute approximate surface area is 85.1 Å². The van der Waals surface area contributed by atoms with Gasteiger partial charge in [-0.05, 0) is 30.5 Å². The SMILES string of the molecule is CCCC[C@@H](N)c1ccc(C)c(F)c1. The van der Waals surface area contributed by atoms with E-state index in [9.17, 15) is 4.39 Å². The van der Waals surface area contributed by atoms with E-state index in [1.807, 2.05) is 6.07 Å². The van der Waals surface area contributed by atoms with E-state index in [-0.39, 0.29) is 11.9 Å². The summed E-state index contributed by atoms with van der Waals surface area (Å²) in [6, 6.07) is 5.23. The highest BCUT2D eigenvalue weighted by Gasteiger charge is 2.07. The van der Waals surface area contributed by atoms with Gasteiger partial charge in [0.2, 0.25) is 0 Å². The maximum atomic E-state index is 13.2. The van der Waals surface area contributed by atoms with E-state index >= 15 is 0 Å². The van der Waals surface area contributed by atoms with Crippen LogP contribution in [0.25, 0.3) is 0 Å². The number of halogens is 1. The van der Waals surface area contributed by atoms with Crippen LogP contribution in [0.1, 0.15) is 43.4 Å². The Kier molecular flexibility index (Phi) is 4.08. The average Bonchev–Trinajstić information content (AvgIpc) is 2.18. The van der Waals surface area contributed by atoms with E-state index in [0.717, 1.165) is 24.8 Å². The molecular weight excluding hydrogens is 177 g/mol. The molecule has 2 N–H and O–H groups in total. The molecule has 0 saturated carbocycles. The average molecular weight is 195 g/mol. The third kappa shape index (κ3) is 2.81. The van der Waals surface area contributed by atoms with Crippen LogP contribution in [0.15, 0.2) is 18.2 Å². The van der Waals surface area contributed by atoms with Gasteiger partial charge in [0.25, 0.3) is 0 Å². The van der Waals surface area contributed by atoms with Crippen LogP contribution >= 0.6 is 0 Å². The summed E-state index contributed by atoms with van der Waals surface area (Å²) in [6.45, 7) is 3.89. The fourth-order valence-electron chi connectivity index (χ4n) is 1.43. The van der Waals surface area contributed by atoms with E-state index in [4.69, 9.17) is 5.73 Å². The molecule has 0 aliphatic carbocycles. The molecule has 0 aromatic heterocycles. The summed E-state index contributed by atoms with van der Waals surface area (Å²) in [5.41, 5.74) is 7.51. The van der Waals surface area contributed by atoms with Crippen LogP contribution in [0.5, 0.6) is 0 Å². The van der Waals surface area contributed by atoms with Crippen LogP contribution in [-0.2, 0) is 0 Å². The van der Waals surface area contributed by atoms with Gasteiger partial charge < -0.3 is 5.73 Å². The lowest BCUT2D eigenvalue weighted by atomic mass is 10.0. The van der Waals surface area contributed by atoms with Crippen LogP contribution < -0.4 is 5.73 Å². The molecule has 1 aromatic rings. The Balaban J connectivity index is 2.70. The third-order valence-corrected chi connectivity index (χ3v) is 2.49. The van der Waals surface area contributed by atoms with E-state index in [0.29, 0.717) is 5.56 Å². The molecule has 78 valence electrons. The monoisotopic (exact) mass is 195 g/mol. The molecule has 1 aromatic carbocycles. The van der Waals surface area contributed by atoms with Crippen LogP contribution in [0.2, 0.25) is 0 Å². The normalized spacial score (nSPS) is 12.9. The molecule has 1 rings (SSSR count). The van der Waals surface area contributed by atoms with Gasteiger partial charge in [-0.25, -0.2) is 4.39 Å². The van der Waals surface area contributed by atoms with Gasteiger partial charge >= 0.3 is 0 Å². The first-order valence-electron chi connectivity index (χ1n) is 5.16. The fourth-order valence-corrected chi connectivity index (χ4v) is 1.43. The van der Waals surface area contributed by atoms with Gasteiger partial charge in [0.15, 0.2) is 0 Å². The van der Waals surface area contributed by atoms with E-state index < -0.39 is 0 Å². The highest BCUT2D eigenvalue weighted by atomic mass is 19.1. The minimum Gasteiger partial charge on any atom is -0.324 e. The summed E-state index contributed by atoms with van der Waals surface area (Å²) in [6.07, 6.45) is 3.15. The van der Waals surface area contributed by atoms with Gasteiger partial charge in [-0.15, -0.1) is 0 Å². The Bertz CT molecular complexity index is 296. The van der Waals surface area contributed by atoms with Crippen molar-refractivity contribution in [1.29, 1.82) is 0 Å². The Hall–Kier alpha value is -0.890. The van der Waals surface area contributed by atoms with E-state index in [1.54, 1.807) is 19.1 Å². The van der Waals surface area contributed by atoms with Crippen molar-refractivity contribution in [2.45, 2.75) is 39.2 Å². The summed E-state index contributed by atoms with van der Waals surface area (Å²) in [5.74, 6) is -0.158. The minimum absolute atomic E-state index is 0.0231. The van der Waals surface area contributed by atoms with Crippen LogP contribution in [0.3, 0.4) is 0 Å². The summed E-state index contributed by atoms with van der Waals surface area (Å²) in [5, 5.41) is 0. The standard InChI is InChI=1S/C12H18FN/c1-3-4-5-12(14)10-7-6-9(2)11(13)8-10/h6-8,12H,3-5,14H2,1-2H3/t12-/m1/s1. The lowest BCUT2D eigenvalue weighted by molar-refractivity contribution is 0.585. The zero-order chi connectivity index (χ0) is 10.6. The fraction of sp³-hybridized carbons (Fsp3) is 0.500. The first kappa shape index (κ1) is 11.2. The molecular formula is C12H18FN. The number of unbranched alkanes of at least 4 members (excludes halogenated alkanes) is 1. The molecule has 0 saturated heterocycles. The number of benzene rings is 1. The molecule has 0 amide bonds. The van der Waals surface area contributed by atoms with Gasteiger partial charge in [-0.2, -0.15) is 0 Å². The smallest absolute Gasteiger partial charge is 0.126 e. The van der Waals surface area contributed by atoms with Crippen molar-refractivity contribution >= 4 is 0 Å². The maximum Gasteiger partial charge on any atom is 0.126 e. The van der Waals surface area contributed by atoms with Crippen molar-refractivity contribution in [3.63, 3.8) is 0 Å². The molecule has 0 unspecified atom stereocenters. The second-order valence-electron chi connectivity index (χ2n) is 3.76. The molecule has 0 bridgehead atoms. The second-order valence-corrected chi connectivity index (χ2v) is 3.76. The molecule has 0 radical (unpaired) electrons. The first-order chi connectivity index (χ1) is 6.65. The number of hydrogen-bond donors (Lipinski definition) is 1. The molecule has 0 fully saturated rings. The van der Waals surface area contributed by atoms with Crippen molar-refractivity contribution in [2.24, 2.45) is 5.73 Å². The third-order valence-electron chi connectivity index (χ3n) is 2.49. The number of rotatable bonds is 4. The Morgan fingerprint density at radius 2 is 2.14 bits per heavy atom.